The van der Waals surface area contributed by atoms with Gasteiger partial charge >= 0.3 is 0 Å². The van der Waals surface area contributed by atoms with E-state index in [-0.39, 0.29) is 36.8 Å². The van der Waals surface area contributed by atoms with Crippen molar-refractivity contribution in [1.82, 2.24) is 9.80 Å². The molecule has 0 aliphatic carbocycles. The molecule has 3 aliphatic rings. The van der Waals surface area contributed by atoms with Crippen molar-refractivity contribution in [2.45, 2.75) is 70.2 Å². The predicted octanol–water partition coefficient (Wildman–Crippen LogP) is 4.07. The number of hydrogen-bond donors (Lipinski definition) is 1. The van der Waals surface area contributed by atoms with Crippen LogP contribution in [-0.4, -0.2) is 82.2 Å². The Morgan fingerprint density at radius 2 is 1.85 bits per heavy atom. The fraction of sp³-hybridized carbons (Fsp3) is 0.581. The van der Waals surface area contributed by atoms with Crippen LogP contribution in [0.5, 0.6) is 0 Å². The molecule has 4 rings (SSSR count). The van der Waals surface area contributed by atoms with E-state index in [2.05, 4.69) is 13.2 Å². The summed E-state index contributed by atoms with van der Waals surface area (Å²) in [5, 5.41) is 10.9. The van der Waals surface area contributed by atoms with Crippen LogP contribution in [0, 0.1) is 17.8 Å². The Labute approximate surface area is 242 Å². The predicted molar refractivity (Wildman–Crippen MR) is 156 cm³/mol. The summed E-state index contributed by atoms with van der Waals surface area (Å²) in [6.07, 6.45) is 4.98. The van der Waals surface area contributed by atoms with Gasteiger partial charge in [0.2, 0.25) is 11.8 Å². The van der Waals surface area contributed by atoms with Gasteiger partial charge in [-0.2, -0.15) is 0 Å². The summed E-state index contributed by atoms with van der Waals surface area (Å²) in [4.78, 5) is 48.1. The van der Waals surface area contributed by atoms with Crippen molar-refractivity contribution in [1.29, 1.82) is 0 Å². The quantitative estimate of drug-likeness (QED) is 0.382. The topological polar surface area (TPSA) is 90.4 Å². The molecule has 40 heavy (non-hydrogen) atoms. The van der Waals surface area contributed by atoms with Gasteiger partial charge in [0.25, 0.3) is 5.91 Å². The van der Waals surface area contributed by atoms with Crippen LogP contribution in [0.2, 0.25) is 5.02 Å². The zero-order valence-corrected chi connectivity index (χ0v) is 24.8. The van der Waals surface area contributed by atoms with Crippen molar-refractivity contribution < 1.29 is 24.2 Å². The smallest absolute Gasteiger partial charge is 0.253 e. The lowest BCUT2D eigenvalue weighted by Crippen LogP contribution is -2.59. The molecule has 0 radical (unpaired) electrons. The molecule has 8 nitrogen and oxygen atoms in total. The highest BCUT2D eigenvalue weighted by Crippen LogP contribution is 2.66. The van der Waals surface area contributed by atoms with E-state index >= 15 is 0 Å². The third-order valence-electron chi connectivity index (χ3n) is 9.20. The van der Waals surface area contributed by atoms with Gasteiger partial charge in [0.1, 0.15) is 11.6 Å². The molecule has 1 aromatic rings. The largest absolute Gasteiger partial charge is 0.394 e. The summed E-state index contributed by atoms with van der Waals surface area (Å²) in [7, 11) is 0. The maximum absolute atomic E-state index is 14.6. The lowest BCUT2D eigenvalue weighted by molar-refractivity contribution is -0.153. The van der Waals surface area contributed by atoms with Gasteiger partial charge in [-0.1, -0.05) is 44.5 Å². The van der Waals surface area contributed by atoms with Crippen LogP contribution in [0.3, 0.4) is 0 Å². The first kappa shape index (κ1) is 30.3. The van der Waals surface area contributed by atoms with Crippen molar-refractivity contribution in [3.05, 3.63) is 54.6 Å². The van der Waals surface area contributed by atoms with Crippen LogP contribution >= 0.6 is 11.6 Å². The standard InChI is InChI=1S/C31H42ClN3O5/c1-7-15-33(16-8-2)27(37)24-25-28(38)35(22(10-4)19-36)26(31(25)18-20(5)30(24,6)40-31)29(39)34(17-9-3)23-13-11-21(32)12-14-23/h7,9,11-14,20,22,24-26,36H,1,3,8,10,15-19H2,2,4-6H3/t20?,22-,24+,25-,26?,30-,31?/m0/s1. The number of aliphatic hydroxyl groups is 1. The fourth-order valence-corrected chi connectivity index (χ4v) is 7.40. The van der Waals surface area contributed by atoms with Gasteiger partial charge in [-0.05, 0) is 56.4 Å². The highest BCUT2D eigenvalue weighted by Gasteiger charge is 2.80. The van der Waals surface area contributed by atoms with Crippen molar-refractivity contribution in [3.8, 4) is 0 Å². The van der Waals surface area contributed by atoms with Crippen molar-refractivity contribution in [3.63, 3.8) is 0 Å². The van der Waals surface area contributed by atoms with Gasteiger partial charge in [0.05, 0.1) is 30.1 Å². The molecular formula is C31H42ClN3O5. The molecule has 2 bridgehead atoms. The van der Waals surface area contributed by atoms with Crippen LogP contribution in [-0.2, 0) is 19.1 Å². The Morgan fingerprint density at radius 3 is 2.40 bits per heavy atom. The minimum Gasteiger partial charge on any atom is -0.394 e. The maximum Gasteiger partial charge on any atom is 0.253 e. The number of nitrogens with zero attached hydrogens (tertiary/aromatic N) is 3. The van der Waals surface area contributed by atoms with Gasteiger partial charge in [-0.3, -0.25) is 14.4 Å². The second-order valence-corrected chi connectivity index (χ2v) is 11.9. The number of halogens is 1. The Bertz CT molecular complexity index is 1150. The van der Waals surface area contributed by atoms with Gasteiger partial charge in [0, 0.05) is 30.3 Å². The summed E-state index contributed by atoms with van der Waals surface area (Å²) in [5.41, 5.74) is -1.51. The molecule has 9 heteroatoms. The van der Waals surface area contributed by atoms with E-state index in [0.717, 1.165) is 6.42 Å². The number of hydrogen-bond acceptors (Lipinski definition) is 5. The highest BCUT2D eigenvalue weighted by molar-refractivity contribution is 6.30. The van der Waals surface area contributed by atoms with E-state index in [4.69, 9.17) is 16.3 Å². The fourth-order valence-electron chi connectivity index (χ4n) is 7.27. The van der Waals surface area contributed by atoms with Crippen molar-refractivity contribution >= 4 is 35.0 Å². The third-order valence-corrected chi connectivity index (χ3v) is 9.45. The molecular weight excluding hydrogens is 530 g/mol. The number of anilines is 1. The van der Waals surface area contributed by atoms with Gasteiger partial charge in [-0.15, -0.1) is 13.2 Å². The molecule has 0 aromatic heterocycles. The number of ether oxygens (including phenoxy) is 1. The van der Waals surface area contributed by atoms with Crippen molar-refractivity contribution in [2.24, 2.45) is 17.8 Å². The minimum absolute atomic E-state index is 0.0782. The number of rotatable bonds is 12. The molecule has 3 saturated heterocycles. The normalized spacial score (nSPS) is 31.1. The molecule has 3 unspecified atom stereocenters. The molecule has 3 heterocycles. The molecule has 7 atom stereocenters. The molecule has 218 valence electrons. The zero-order chi connectivity index (χ0) is 29.4. The summed E-state index contributed by atoms with van der Waals surface area (Å²) < 4.78 is 6.87. The number of fused-ring (bicyclic) bond motifs is 1. The van der Waals surface area contributed by atoms with E-state index in [1.807, 2.05) is 27.7 Å². The lowest BCUT2D eigenvalue weighted by atomic mass is 9.62. The minimum atomic E-state index is -1.21. The van der Waals surface area contributed by atoms with E-state index in [9.17, 15) is 19.5 Å². The Balaban J connectivity index is 1.87. The van der Waals surface area contributed by atoms with Gasteiger partial charge in [0.15, 0.2) is 0 Å². The maximum atomic E-state index is 14.6. The van der Waals surface area contributed by atoms with E-state index in [1.54, 1.807) is 46.2 Å². The number of amides is 3. The Morgan fingerprint density at radius 1 is 1.20 bits per heavy atom. The summed E-state index contributed by atoms with van der Waals surface area (Å²) in [6, 6.07) is 5.31. The highest BCUT2D eigenvalue weighted by atomic mass is 35.5. The second-order valence-electron chi connectivity index (χ2n) is 11.5. The summed E-state index contributed by atoms with van der Waals surface area (Å²) >= 11 is 6.13. The van der Waals surface area contributed by atoms with Crippen LogP contribution < -0.4 is 4.90 Å². The van der Waals surface area contributed by atoms with Gasteiger partial charge < -0.3 is 24.5 Å². The van der Waals surface area contributed by atoms with Crippen LogP contribution in [0.4, 0.5) is 5.69 Å². The molecule has 0 saturated carbocycles. The molecule has 3 fully saturated rings. The third kappa shape index (κ3) is 4.58. The number of benzene rings is 1. The molecule has 3 aliphatic heterocycles. The number of aliphatic hydroxyl groups excluding tert-OH is 1. The van der Waals surface area contributed by atoms with Crippen LogP contribution in [0.1, 0.15) is 47.0 Å². The molecule has 3 amide bonds. The summed E-state index contributed by atoms with van der Waals surface area (Å²) in [6.45, 7) is 16.3. The van der Waals surface area contributed by atoms with E-state index in [1.165, 1.54) is 4.90 Å². The Hall–Kier alpha value is -2.68. The Kier molecular flexibility index (Phi) is 8.83. The SMILES string of the molecule is C=CCN(CCC)C(=O)[C@H]1[C@H]2C(=O)N([C@@H](CC)CO)C(C(=O)N(CC=C)c3ccc(Cl)cc3)C23CC(C)[C@]1(C)O3. The second kappa shape index (κ2) is 11.7. The molecule has 1 spiro atoms. The van der Waals surface area contributed by atoms with Gasteiger partial charge in [-0.25, -0.2) is 0 Å². The average Bonchev–Trinajstić information content (AvgIpc) is 3.44. The number of carbonyl (C=O) groups is 3. The van der Waals surface area contributed by atoms with E-state index in [0.29, 0.717) is 36.6 Å². The van der Waals surface area contributed by atoms with Crippen LogP contribution in [0.15, 0.2) is 49.6 Å². The first-order chi connectivity index (χ1) is 19.1. The zero-order valence-electron chi connectivity index (χ0n) is 24.0. The molecule has 1 aromatic carbocycles. The lowest BCUT2D eigenvalue weighted by Gasteiger charge is -2.39. The summed E-state index contributed by atoms with van der Waals surface area (Å²) in [5.74, 6) is -2.46. The van der Waals surface area contributed by atoms with Crippen LogP contribution in [0.25, 0.3) is 0 Å². The van der Waals surface area contributed by atoms with Crippen molar-refractivity contribution in [2.75, 3.05) is 31.1 Å². The first-order valence-corrected chi connectivity index (χ1v) is 14.6. The monoisotopic (exact) mass is 571 g/mol. The molecule has 1 N–H and O–H groups in total. The first-order valence-electron chi connectivity index (χ1n) is 14.3. The number of likely N-dealkylation sites (tertiary alicyclic amines) is 1. The number of carbonyl (C=O) groups excluding carboxylic acids is 3. The average molecular weight is 572 g/mol. The van der Waals surface area contributed by atoms with E-state index < -0.39 is 35.1 Å².